The average molecular weight is 229 g/mol. The van der Waals surface area contributed by atoms with Crippen LogP contribution in [-0.4, -0.2) is 30.3 Å². The first kappa shape index (κ1) is 12.8. The molecule has 2 unspecified atom stereocenters. The van der Waals surface area contributed by atoms with Gasteiger partial charge in [0.05, 0.1) is 6.04 Å². The zero-order valence-corrected chi connectivity index (χ0v) is 9.99. The van der Waals surface area contributed by atoms with Crippen molar-refractivity contribution in [1.82, 2.24) is 5.32 Å². The molecule has 1 rings (SSSR count). The van der Waals surface area contributed by atoms with Crippen LogP contribution in [0.5, 0.6) is 0 Å². The lowest BCUT2D eigenvalue weighted by Gasteiger charge is -2.23. The first-order chi connectivity index (χ1) is 7.42. The van der Waals surface area contributed by atoms with E-state index < -0.39 is 11.7 Å². The van der Waals surface area contributed by atoms with Crippen molar-refractivity contribution in [2.75, 3.05) is 0 Å². The molecule has 0 radical (unpaired) electrons. The molecule has 0 bridgehead atoms. The third kappa shape index (κ3) is 4.08. The third-order valence-electron chi connectivity index (χ3n) is 2.39. The summed E-state index contributed by atoms with van der Waals surface area (Å²) in [6, 6.07) is -0.125. The van der Waals surface area contributed by atoms with Gasteiger partial charge in [-0.25, -0.2) is 4.79 Å². The van der Waals surface area contributed by atoms with Gasteiger partial charge in [-0.1, -0.05) is 0 Å². The molecule has 0 heterocycles. The summed E-state index contributed by atoms with van der Waals surface area (Å²) < 4.78 is 10.0. The number of ether oxygens (including phenoxy) is 2. The largest absolute Gasteiger partial charge is 0.462 e. The fourth-order valence-electron chi connectivity index (χ4n) is 1.78. The molecule has 0 saturated heterocycles. The molecule has 2 atom stereocenters. The summed E-state index contributed by atoms with van der Waals surface area (Å²) in [6.45, 7) is 5.85. The van der Waals surface area contributed by atoms with Crippen LogP contribution in [0.25, 0.3) is 0 Å². The number of carbonyl (C=O) groups is 2. The molecule has 16 heavy (non-hydrogen) atoms. The molecule has 5 nitrogen and oxygen atoms in total. The predicted octanol–water partition coefficient (Wildman–Crippen LogP) is 1.61. The van der Waals surface area contributed by atoms with Gasteiger partial charge in [0.15, 0.2) is 0 Å². The first-order valence-corrected chi connectivity index (χ1v) is 5.51. The summed E-state index contributed by atoms with van der Waals surface area (Å²) in [5.74, 6) is 0. The Balaban J connectivity index is 2.41. The highest BCUT2D eigenvalue weighted by molar-refractivity contribution is 5.68. The quantitative estimate of drug-likeness (QED) is 0.747. The minimum atomic E-state index is -0.510. The number of hydrogen-bond donors (Lipinski definition) is 1. The fraction of sp³-hybridized carbons (Fsp3) is 0.818. The van der Waals surface area contributed by atoms with Crippen molar-refractivity contribution in [1.29, 1.82) is 0 Å². The lowest BCUT2D eigenvalue weighted by Crippen LogP contribution is -2.43. The number of amides is 1. The number of rotatable bonds is 3. The monoisotopic (exact) mass is 229 g/mol. The highest BCUT2D eigenvalue weighted by atomic mass is 16.6. The molecule has 1 fully saturated rings. The Labute approximate surface area is 95.5 Å². The van der Waals surface area contributed by atoms with Crippen LogP contribution >= 0.6 is 0 Å². The third-order valence-corrected chi connectivity index (χ3v) is 2.39. The maximum absolute atomic E-state index is 11.5. The van der Waals surface area contributed by atoms with Gasteiger partial charge in [0, 0.05) is 0 Å². The van der Waals surface area contributed by atoms with Crippen LogP contribution in [0, 0.1) is 0 Å². The number of alkyl carbamates (subject to hydrolysis) is 1. The van der Waals surface area contributed by atoms with Gasteiger partial charge < -0.3 is 14.8 Å². The van der Waals surface area contributed by atoms with Crippen LogP contribution in [0.1, 0.15) is 40.0 Å². The van der Waals surface area contributed by atoms with Gasteiger partial charge in [-0.05, 0) is 40.0 Å². The smallest absolute Gasteiger partial charge is 0.408 e. The van der Waals surface area contributed by atoms with Crippen LogP contribution in [0.15, 0.2) is 0 Å². The zero-order chi connectivity index (χ0) is 12.2. The molecule has 5 heteroatoms. The molecule has 1 aliphatic carbocycles. The van der Waals surface area contributed by atoms with Gasteiger partial charge in [0.2, 0.25) is 0 Å². The molecule has 0 aliphatic heterocycles. The highest BCUT2D eigenvalue weighted by Gasteiger charge is 2.31. The summed E-state index contributed by atoms with van der Waals surface area (Å²) in [7, 11) is 0. The van der Waals surface area contributed by atoms with Gasteiger partial charge in [-0.3, -0.25) is 4.79 Å². The van der Waals surface area contributed by atoms with E-state index >= 15 is 0 Å². The summed E-state index contributed by atoms with van der Waals surface area (Å²) in [5.41, 5.74) is -0.510. The van der Waals surface area contributed by atoms with Gasteiger partial charge in [0.25, 0.3) is 6.47 Å². The molecule has 1 saturated carbocycles. The predicted molar refractivity (Wildman–Crippen MR) is 57.9 cm³/mol. The number of nitrogens with one attached hydrogen (secondary N) is 1. The van der Waals surface area contributed by atoms with E-state index in [0.29, 0.717) is 6.47 Å². The van der Waals surface area contributed by atoms with E-state index in [0.717, 1.165) is 19.3 Å². The summed E-state index contributed by atoms with van der Waals surface area (Å²) >= 11 is 0. The van der Waals surface area contributed by atoms with Crippen molar-refractivity contribution >= 4 is 12.6 Å². The van der Waals surface area contributed by atoms with Crippen molar-refractivity contribution in [3.05, 3.63) is 0 Å². The molecular formula is C11H19NO4. The Bertz CT molecular complexity index is 259. The second kappa shape index (κ2) is 5.18. The Hall–Kier alpha value is -1.26. The van der Waals surface area contributed by atoms with Gasteiger partial charge >= 0.3 is 6.09 Å². The highest BCUT2D eigenvalue weighted by Crippen LogP contribution is 2.22. The molecule has 1 aliphatic rings. The maximum atomic E-state index is 11.5. The van der Waals surface area contributed by atoms with E-state index in [1.807, 2.05) is 0 Å². The second-order valence-corrected chi connectivity index (χ2v) is 4.95. The standard InChI is InChI=1S/C11H19NO4/c1-11(2,3)16-10(14)12-8-5-4-6-9(8)15-7-13/h7-9H,4-6H2,1-3H3,(H,12,14). The lowest BCUT2D eigenvalue weighted by atomic mass is 10.2. The zero-order valence-electron chi connectivity index (χ0n) is 9.99. The van der Waals surface area contributed by atoms with Crippen LogP contribution in [-0.2, 0) is 14.3 Å². The average Bonchev–Trinajstić information content (AvgIpc) is 2.50. The molecule has 0 spiro atoms. The van der Waals surface area contributed by atoms with Crippen molar-refractivity contribution in [3.8, 4) is 0 Å². The van der Waals surface area contributed by atoms with E-state index in [1.165, 1.54) is 0 Å². The van der Waals surface area contributed by atoms with Crippen LogP contribution in [0.4, 0.5) is 4.79 Å². The van der Waals surface area contributed by atoms with E-state index in [4.69, 9.17) is 9.47 Å². The number of carbonyl (C=O) groups excluding carboxylic acids is 2. The number of hydrogen-bond acceptors (Lipinski definition) is 4. The lowest BCUT2D eigenvalue weighted by molar-refractivity contribution is -0.134. The topological polar surface area (TPSA) is 64.6 Å². The molecule has 1 N–H and O–H groups in total. The Kier molecular flexibility index (Phi) is 4.15. The van der Waals surface area contributed by atoms with Crippen molar-refractivity contribution in [2.45, 2.75) is 57.8 Å². The molecule has 92 valence electrons. The Morgan fingerprint density at radius 3 is 2.62 bits per heavy atom. The summed E-state index contributed by atoms with van der Waals surface area (Å²) in [4.78, 5) is 21.7. The fourth-order valence-corrected chi connectivity index (χ4v) is 1.78. The van der Waals surface area contributed by atoms with E-state index in [1.54, 1.807) is 20.8 Å². The van der Waals surface area contributed by atoms with E-state index in [2.05, 4.69) is 5.32 Å². The molecule has 0 aromatic heterocycles. The van der Waals surface area contributed by atoms with E-state index in [9.17, 15) is 9.59 Å². The Morgan fingerprint density at radius 2 is 2.06 bits per heavy atom. The molecular weight excluding hydrogens is 210 g/mol. The van der Waals surface area contributed by atoms with Crippen molar-refractivity contribution < 1.29 is 19.1 Å². The van der Waals surface area contributed by atoms with Crippen LogP contribution in [0.2, 0.25) is 0 Å². The molecule has 1 amide bonds. The van der Waals surface area contributed by atoms with Crippen molar-refractivity contribution in [2.24, 2.45) is 0 Å². The molecule has 0 aromatic carbocycles. The summed E-state index contributed by atoms with van der Waals surface area (Å²) in [5, 5.41) is 2.73. The van der Waals surface area contributed by atoms with Gasteiger partial charge in [-0.15, -0.1) is 0 Å². The SMILES string of the molecule is CC(C)(C)OC(=O)NC1CCCC1OC=O. The second-order valence-electron chi connectivity index (χ2n) is 4.95. The van der Waals surface area contributed by atoms with Gasteiger partial charge in [-0.2, -0.15) is 0 Å². The maximum Gasteiger partial charge on any atom is 0.408 e. The first-order valence-electron chi connectivity index (χ1n) is 5.51. The Morgan fingerprint density at radius 1 is 1.38 bits per heavy atom. The molecule has 0 aromatic rings. The summed E-state index contributed by atoms with van der Waals surface area (Å²) in [6.07, 6.45) is 1.87. The van der Waals surface area contributed by atoms with Gasteiger partial charge in [0.1, 0.15) is 11.7 Å². The van der Waals surface area contributed by atoms with E-state index in [-0.39, 0.29) is 12.1 Å². The van der Waals surface area contributed by atoms with Crippen LogP contribution < -0.4 is 5.32 Å². The van der Waals surface area contributed by atoms with Crippen LogP contribution in [0.3, 0.4) is 0 Å². The minimum absolute atomic E-state index is 0.125. The van der Waals surface area contributed by atoms with Crippen molar-refractivity contribution in [3.63, 3.8) is 0 Å². The minimum Gasteiger partial charge on any atom is -0.462 e. The normalized spacial score (nSPS) is 24.9.